The van der Waals surface area contributed by atoms with Crippen molar-refractivity contribution in [3.05, 3.63) is 11.1 Å². The highest BCUT2D eigenvalue weighted by atomic mass is 79.9. The third-order valence-electron chi connectivity index (χ3n) is 3.02. The molecule has 0 aromatic carbocycles. The number of nitrogen functional groups attached to an aromatic ring is 1. The standard InChI is InChI=1S/C10H12BrN5O3/c11-10-15-6-7(12)13-3-14-8(6)16(10)9-5(18)1-4(17)2-19-9/h3-5,9,17-18H,1-2H2,(H2,12,13,14)/t4-,5+,9+/m0/s1. The second kappa shape index (κ2) is 4.67. The summed E-state index contributed by atoms with van der Waals surface area (Å²) >= 11 is 3.30. The number of imidazole rings is 1. The van der Waals surface area contributed by atoms with Crippen molar-refractivity contribution in [3.63, 3.8) is 0 Å². The predicted molar refractivity (Wildman–Crippen MR) is 69.1 cm³/mol. The maximum Gasteiger partial charge on any atom is 0.181 e. The van der Waals surface area contributed by atoms with Crippen molar-refractivity contribution in [3.8, 4) is 0 Å². The lowest BCUT2D eigenvalue weighted by molar-refractivity contribution is -0.154. The fraction of sp³-hybridized carbons (Fsp3) is 0.500. The smallest absolute Gasteiger partial charge is 0.181 e. The number of hydrogen-bond acceptors (Lipinski definition) is 7. The van der Waals surface area contributed by atoms with Crippen molar-refractivity contribution in [2.24, 2.45) is 0 Å². The van der Waals surface area contributed by atoms with Crippen LogP contribution >= 0.6 is 15.9 Å². The number of aliphatic hydroxyl groups excluding tert-OH is 2. The number of nitrogens with zero attached hydrogens (tertiary/aromatic N) is 4. The van der Waals surface area contributed by atoms with Gasteiger partial charge >= 0.3 is 0 Å². The molecule has 0 bridgehead atoms. The van der Waals surface area contributed by atoms with E-state index in [9.17, 15) is 10.2 Å². The molecule has 0 unspecified atom stereocenters. The van der Waals surface area contributed by atoms with Gasteiger partial charge in [-0.15, -0.1) is 0 Å². The Labute approximate surface area is 116 Å². The maximum absolute atomic E-state index is 10.0. The van der Waals surface area contributed by atoms with E-state index in [1.165, 1.54) is 6.33 Å². The van der Waals surface area contributed by atoms with E-state index in [1.807, 2.05) is 0 Å². The van der Waals surface area contributed by atoms with Gasteiger partial charge in [-0.1, -0.05) is 0 Å². The fourth-order valence-corrected chi connectivity index (χ4v) is 2.70. The van der Waals surface area contributed by atoms with Gasteiger partial charge in [-0.25, -0.2) is 15.0 Å². The second-order valence-electron chi connectivity index (χ2n) is 4.36. The molecule has 102 valence electrons. The number of anilines is 1. The molecule has 1 fully saturated rings. The summed E-state index contributed by atoms with van der Waals surface area (Å²) in [4.78, 5) is 12.2. The van der Waals surface area contributed by atoms with Crippen LogP contribution < -0.4 is 5.73 Å². The average Bonchev–Trinajstić information content (AvgIpc) is 2.68. The molecule has 4 N–H and O–H groups in total. The van der Waals surface area contributed by atoms with Crippen molar-refractivity contribution in [1.82, 2.24) is 19.5 Å². The minimum absolute atomic E-state index is 0.147. The summed E-state index contributed by atoms with van der Waals surface area (Å²) in [7, 11) is 0. The first-order valence-corrected chi connectivity index (χ1v) is 6.49. The van der Waals surface area contributed by atoms with Crippen LogP contribution in [0.15, 0.2) is 11.1 Å². The summed E-state index contributed by atoms with van der Waals surface area (Å²) in [6.45, 7) is 0.147. The number of hydrogen-bond donors (Lipinski definition) is 3. The lowest BCUT2D eigenvalue weighted by Crippen LogP contribution is -2.38. The van der Waals surface area contributed by atoms with Gasteiger partial charge in [0.1, 0.15) is 12.4 Å². The van der Waals surface area contributed by atoms with Crippen molar-refractivity contribution >= 4 is 32.9 Å². The Kier molecular flexibility index (Phi) is 3.13. The molecule has 3 rings (SSSR count). The molecule has 0 saturated carbocycles. The first kappa shape index (κ1) is 12.7. The molecule has 1 aliphatic heterocycles. The van der Waals surface area contributed by atoms with Crippen molar-refractivity contribution in [2.75, 3.05) is 12.3 Å². The fourth-order valence-electron chi connectivity index (χ4n) is 2.16. The number of nitrogens with two attached hydrogens (primary N) is 1. The number of aliphatic hydroxyl groups is 2. The second-order valence-corrected chi connectivity index (χ2v) is 5.07. The van der Waals surface area contributed by atoms with Crippen LogP contribution in [-0.2, 0) is 4.74 Å². The molecule has 0 spiro atoms. The zero-order chi connectivity index (χ0) is 13.6. The minimum atomic E-state index is -0.853. The Morgan fingerprint density at radius 3 is 2.95 bits per heavy atom. The summed E-state index contributed by atoms with van der Waals surface area (Å²) in [6.07, 6.45) is -0.630. The van der Waals surface area contributed by atoms with Crippen LogP contribution in [-0.4, -0.2) is 48.5 Å². The van der Waals surface area contributed by atoms with Gasteiger partial charge in [0.15, 0.2) is 27.9 Å². The largest absolute Gasteiger partial charge is 0.391 e. The molecule has 19 heavy (non-hydrogen) atoms. The third-order valence-corrected chi connectivity index (χ3v) is 3.58. The summed E-state index contributed by atoms with van der Waals surface area (Å²) in [6, 6.07) is 0. The van der Waals surface area contributed by atoms with Gasteiger partial charge in [0.05, 0.1) is 12.7 Å². The minimum Gasteiger partial charge on any atom is -0.391 e. The Balaban J connectivity index is 2.10. The number of halogens is 1. The summed E-state index contributed by atoms with van der Waals surface area (Å²) in [5, 5.41) is 19.5. The topological polar surface area (TPSA) is 119 Å². The molecule has 8 nitrogen and oxygen atoms in total. The van der Waals surface area contributed by atoms with Crippen molar-refractivity contribution < 1.29 is 14.9 Å². The van der Waals surface area contributed by atoms with Gasteiger partial charge in [0.2, 0.25) is 0 Å². The van der Waals surface area contributed by atoms with Crippen molar-refractivity contribution in [1.29, 1.82) is 0 Å². The Morgan fingerprint density at radius 1 is 1.42 bits per heavy atom. The zero-order valence-corrected chi connectivity index (χ0v) is 11.4. The highest BCUT2D eigenvalue weighted by molar-refractivity contribution is 9.10. The molecule has 2 aromatic heterocycles. The molecular weight excluding hydrogens is 318 g/mol. The number of rotatable bonds is 1. The number of fused-ring (bicyclic) bond motifs is 1. The molecule has 2 aromatic rings. The first-order valence-electron chi connectivity index (χ1n) is 5.69. The van der Waals surface area contributed by atoms with E-state index in [2.05, 4.69) is 30.9 Å². The summed E-state index contributed by atoms with van der Waals surface area (Å²) in [5.74, 6) is 0.259. The van der Waals surface area contributed by atoms with Gasteiger partial charge < -0.3 is 20.7 Å². The Hall–Kier alpha value is -1.29. The Morgan fingerprint density at radius 2 is 2.21 bits per heavy atom. The lowest BCUT2D eigenvalue weighted by atomic mass is 10.1. The van der Waals surface area contributed by atoms with Crippen LogP contribution in [0.5, 0.6) is 0 Å². The molecule has 0 radical (unpaired) electrons. The van der Waals surface area contributed by atoms with Crippen molar-refractivity contribution in [2.45, 2.75) is 24.9 Å². The molecule has 3 heterocycles. The van der Waals surface area contributed by atoms with Crippen LogP contribution in [0.3, 0.4) is 0 Å². The molecule has 9 heteroatoms. The van der Waals surface area contributed by atoms with E-state index in [0.717, 1.165) is 0 Å². The highest BCUT2D eigenvalue weighted by Crippen LogP contribution is 2.31. The van der Waals surface area contributed by atoms with Gasteiger partial charge in [-0.3, -0.25) is 4.57 Å². The maximum atomic E-state index is 10.0. The quantitative estimate of drug-likeness (QED) is 0.620. The monoisotopic (exact) mass is 329 g/mol. The number of aromatic nitrogens is 4. The van der Waals surface area contributed by atoms with E-state index in [0.29, 0.717) is 15.9 Å². The van der Waals surface area contributed by atoms with Gasteiger partial charge in [0.25, 0.3) is 0 Å². The average molecular weight is 330 g/mol. The third kappa shape index (κ3) is 2.08. The molecule has 3 atom stereocenters. The normalized spacial score (nSPS) is 27.8. The van der Waals surface area contributed by atoms with Gasteiger partial charge in [0, 0.05) is 6.42 Å². The molecule has 0 aliphatic carbocycles. The molecule has 1 saturated heterocycles. The molecular formula is C10H12BrN5O3. The summed E-state index contributed by atoms with van der Waals surface area (Å²) in [5.41, 5.74) is 6.65. The van der Waals surface area contributed by atoms with E-state index in [4.69, 9.17) is 10.5 Å². The van der Waals surface area contributed by atoms with Gasteiger partial charge in [-0.05, 0) is 15.9 Å². The van der Waals surface area contributed by atoms with E-state index in [-0.39, 0.29) is 18.8 Å². The van der Waals surface area contributed by atoms with Crippen LogP contribution in [0.2, 0.25) is 0 Å². The zero-order valence-electron chi connectivity index (χ0n) is 9.77. The molecule has 1 aliphatic rings. The molecule has 0 amide bonds. The van der Waals surface area contributed by atoms with Crippen LogP contribution in [0.1, 0.15) is 12.6 Å². The predicted octanol–water partition coefficient (Wildman–Crippen LogP) is -0.188. The van der Waals surface area contributed by atoms with E-state index in [1.54, 1.807) is 4.57 Å². The number of ether oxygens (including phenoxy) is 1. The lowest BCUT2D eigenvalue weighted by Gasteiger charge is -2.32. The highest BCUT2D eigenvalue weighted by Gasteiger charge is 2.33. The van der Waals surface area contributed by atoms with Crippen LogP contribution in [0.25, 0.3) is 11.2 Å². The van der Waals surface area contributed by atoms with E-state index < -0.39 is 18.4 Å². The summed E-state index contributed by atoms with van der Waals surface area (Å²) < 4.78 is 7.51. The van der Waals surface area contributed by atoms with Crippen LogP contribution in [0.4, 0.5) is 5.82 Å². The van der Waals surface area contributed by atoms with E-state index >= 15 is 0 Å². The van der Waals surface area contributed by atoms with Gasteiger partial charge in [-0.2, -0.15) is 0 Å². The Bertz CT molecular complexity index is 618. The first-order chi connectivity index (χ1) is 9.08. The SMILES string of the molecule is Nc1ncnc2c1nc(Br)n2[C@@H]1OC[C@@H](O)C[C@H]1O. The van der Waals surface area contributed by atoms with Crippen LogP contribution in [0, 0.1) is 0 Å².